The minimum absolute atomic E-state index is 0.327. The van der Waals surface area contributed by atoms with Gasteiger partial charge in [0.15, 0.2) is 0 Å². The van der Waals surface area contributed by atoms with Gasteiger partial charge in [0.1, 0.15) is 6.29 Å². The summed E-state index contributed by atoms with van der Waals surface area (Å²) in [5, 5.41) is 0. The quantitative estimate of drug-likeness (QED) is 0.430. The van der Waals surface area contributed by atoms with Crippen molar-refractivity contribution in [2.75, 3.05) is 0 Å². The van der Waals surface area contributed by atoms with Gasteiger partial charge in [0, 0.05) is 0 Å². The molecule has 0 heterocycles. The molecule has 0 saturated heterocycles. The molecule has 1 aliphatic carbocycles. The first-order chi connectivity index (χ1) is 5.53. The predicted octanol–water partition coefficient (Wildman–Crippen LogP) is 2.88. The zero-order valence-corrected chi connectivity index (χ0v) is 8.05. The number of allylic oxidation sites excluding steroid dienone is 4. The monoisotopic (exact) mass is 164 g/mol. The Balaban J connectivity index is 2.88. The van der Waals surface area contributed by atoms with Gasteiger partial charge >= 0.3 is 0 Å². The van der Waals surface area contributed by atoms with Crippen molar-refractivity contribution < 1.29 is 4.79 Å². The van der Waals surface area contributed by atoms with Gasteiger partial charge in [-0.2, -0.15) is 0 Å². The third-order valence-corrected chi connectivity index (χ3v) is 2.15. The van der Waals surface area contributed by atoms with Gasteiger partial charge in [-0.15, -0.1) is 0 Å². The molecule has 1 nitrogen and oxygen atoms in total. The second-order valence-electron chi connectivity index (χ2n) is 4.39. The molecule has 1 heteroatoms. The zero-order valence-electron chi connectivity index (χ0n) is 8.05. The predicted molar refractivity (Wildman–Crippen MR) is 50.9 cm³/mol. The fourth-order valence-corrected chi connectivity index (χ4v) is 1.98. The molecule has 0 aromatic heterocycles. The number of carbonyl (C=O) groups is 1. The largest absolute Gasteiger partial charge is 0.299 e. The van der Waals surface area contributed by atoms with Gasteiger partial charge in [0.25, 0.3) is 0 Å². The van der Waals surface area contributed by atoms with E-state index < -0.39 is 0 Å². The third-order valence-electron chi connectivity index (χ3n) is 2.15. The zero-order chi connectivity index (χ0) is 9.19. The van der Waals surface area contributed by atoms with Crippen LogP contribution >= 0.6 is 0 Å². The number of aldehydes is 1. The lowest BCUT2D eigenvalue weighted by Crippen LogP contribution is -2.16. The van der Waals surface area contributed by atoms with Gasteiger partial charge in [0.05, 0.1) is 0 Å². The van der Waals surface area contributed by atoms with Crippen LogP contribution in [0.15, 0.2) is 23.3 Å². The van der Waals surface area contributed by atoms with E-state index in [0.29, 0.717) is 5.41 Å². The van der Waals surface area contributed by atoms with Crippen LogP contribution in [0.1, 0.15) is 33.6 Å². The van der Waals surface area contributed by atoms with Gasteiger partial charge in [0.2, 0.25) is 0 Å². The van der Waals surface area contributed by atoms with Crippen LogP contribution in [0.4, 0.5) is 0 Å². The first-order valence-electron chi connectivity index (χ1n) is 4.35. The number of carbonyl (C=O) groups excluding carboxylic acids is 1. The summed E-state index contributed by atoms with van der Waals surface area (Å²) in [7, 11) is 0. The van der Waals surface area contributed by atoms with E-state index in [1.54, 1.807) is 6.08 Å². The van der Waals surface area contributed by atoms with Crippen LogP contribution in [0.2, 0.25) is 0 Å². The normalized spacial score (nSPS) is 25.2. The molecule has 0 amide bonds. The molecule has 12 heavy (non-hydrogen) atoms. The molecule has 1 rings (SSSR count). The maximum absolute atomic E-state index is 10.3. The van der Waals surface area contributed by atoms with Gasteiger partial charge in [-0.25, -0.2) is 0 Å². The van der Waals surface area contributed by atoms with Crippen LogP contribution < -0.4 is 0 Å². The van der Waals surface area contributed by atoms with Crippen molar-refractivity contribution in [3.05, 3.63) is 23.3 Å². The van der Waals surface area contributed by atoms with E-state index in [9.17, 15) is 4.79 Å². The topological polar surface area (TPSA) is 17.1 Å². The molecule has 1 aliphatic rings. The van der Waals surface area contributed by atoms with Gasteiger partial charge < -0.3 is 0 Å². The molecule has 0 aromatic carbocycles. The highest BCUT2D eigenvalue weighted by Gasteiger charge is 2.23. The highest BCUT2D eigenvalue weighted by molar-refractivity contribution is 5.67. The third kappa shape index (κ3) is 2.33. The van der Waals surface area contributed by atoms with Crippen molar-refractivity contribution in [1.82, 2.24) is 0 Å². The van der Waals surface area contributed by atoms with Crippen LogP contribution in [0.5, 0.6) is 0 Å². The van der Waals surface area contributed by atoms with Crippen LogP contribution in [0, 0.1) is 5.41 Å². The summed E-state index contributed by atoms with van der Waals surface area (Å²) in [6.07, 6.45) is 6.83. The minimum atomic E-state index is 0.327. The molecule has 0 unspecified atom stereocenters. The number of hydrogen-bond donors (Lipinski definition) is 0. The van der Waals surface area contributed by atoms with Crippen LogP contribution in [-0.4, -0.2) is 6.29 Å². The van der Waals surface area contributed by atoms with Crippen molar-refractivity contribution in [3.8, 4) is 0 Å². The van der Waals surface area contributed by atoms with Crippen LogP contribution in [-0.2, 0) is 4.79 Å². The molecule has 0 aromatic rings. The second kappa shape index (κ2) is 3.26. The molecule has 66 valence electrons. The highest BCUT2D eigenvalue weighted by atomic mass is 16.1. The molecule has 0 fully saturated rings. The van der Waals surface area contributed by atoms with Crippen LogP contribution in [0.25, 0.3) is 0 Å². The Morgan fingerprint density at radius 1 is 1.42 bits per heavy atom. The van der Waals surface area contributed by atoms with Crippen molar-refractivity contribution in [3.63, 3.8) is 0 Å². The fourth-order valence-electron chi connectivity index (χ4n) is 1.98. The molecule has 0 aliphatic heterocycles. The molecular weight excluding hydrogens is 148 g/mol. The maximum atomic E-state index is 10.3. The lowest BCUT2D eigenvalue weighted by molar-refractivity contribution is -0.104. The summed E-state index contributed by atoms with van der Waals surface area (Å²) in [5.41, 5.74) is 2.87. The van der Waals surface area contributed by atoms with Crippen LogP contribution in [0.3, 0.4) is 0 Å². The Bertz CT molecular complexity index is 244. The average Bonchev–Trinajstić information content (AvgIpc) is 1.82. The second-order valence-corrected chi connectivity index (χ2v) is 4.39. The summed E-state index contributed by atoms with van der Waals surface area (Å²) in [5.74, 6) is 0. The van der Waals surface area contributed by atoms with E-state index in [4.69, 9.17) is 0 Å². The SMILES string of the molecule is CC1=C/C(=C\C=O)CC(C)(C)C1. The maximum Gasteiger partial charge on any atom is 0.143 e. The Labute approximate surface area is 74.2 Å². The first-order valence-corrected chi connectivity index (χ1v) is 4.35. The Kier molecular flexibility index (Phi) is 2.51. The van der Waals surface area contributed by atoms with E-state index in [0.717, 1.165) is 19.1 Å². The smallest absolute Gasteiger partial charge is 0.143 e. The van der Waals surface area contributed by atoms with E-state index in [2.05, 4.69) is 26.8 Å². The molecule has 0 atom stereocenters. The summed E-state index contributed by atoms with van der Waals surface area (Å²) in [4.78, 5) is 10.3. The van der Waals surface area contributed by atoms with Gasteiger partial charge in [-0.1, -0.05) is 25.5 Å². The Hall–Kier alpha value is -0.850. The lowest BCUT2D eigenvalue weighted by Gasteiger charge is -2.29. The summed E-state index contributed by atoms with van der Waals surface area (Å²) < 4.78 is 0. The summed E-state index contributed by atoms with van der Waals surface area (Å²) >= 11 is 0. The minimum Gasteiger partial charge on any atom is -0.299 e. The van der Waals surface area contributed by atoms with E-state index >= 15 is 0 Å². The molecule has 0 N–H and O–H groups in total. The first kappa shape index (κ1) is 9.24. The molecular formula is C11H16O. The molecule has 0 bridgehead atoms. The van der Waals surface area contributed by atoms with Crippen molar-refractivity contribution >= 4 is 6.29 Å². The van der Waals surface area contributed by atoms with Crippen molar-refractivity contribution in [2.24, 2.45) is 5.41 Å². The van der Waals surface area contributed by atoms with Crippen molar-refractivity contribution in [1.29, 1.82) is 0 Å². The number of rotatable bonds is 1. The standard InChI is InChI=1S/C11H16O/c1-9-6-10(4-5-12)8-11(2,3)7-9/h4-6H,7-8H2,1-3H3/b10-4+. The lowest BCUT2D eigenvalue weighted by atomic mass is 9.76. The highest BCUT2D eigenvalue weighted by Crippen LogP contribution is 2.37. The molecule has 0 radical (unpaired) electrons. The summed E-state index contributed by atoms with van der Waals surface area (Å²) in [6.45, 7) is 6.60. The van der Waals surface area contributed by atoms with Gasteiger partial charge in [-0.3, -0.25) is 4.79 Å². The summed E-state index contributed by atoms with van der Waals surface area (Å²) in [6, 6.07) is 0. The fraction of sp³-hybridized carbons (Fsp3) is 0.545. The Morgan fingerprint density at radius 2 is 2.08 bits per heavy atom. The molecule has 0 spiro atoms. The van der Waals surface area contributed by atoms with Crippen molar-refractivity contribution in [2.45, 2.75) is 33.6 Å². The van der Waals surface area contributed by atoms with E-state index in [1.165, 1.54) is 11.1 Å². The average molecular weight is 164 g/mol. The van der Waals surface area contributed by atoms with E-state index in [-0.39, 0.29) is 0 Å². The van der Waals surface area contributed by atoms with Gasteiger partial charge in [-0.05, 0) is 36.8 Å². The van der Waals surface area contributed by atoms with E-state index in [1.807, 2.05) is 0 Å². The Morgan fingerprint density at radius 3 is 2.58 bits per heavy atom. The number of hydrogen-bond acceptors (Lipinski definition) is 1. The molecule has 0 saturated carbocycles.